The van der Waals surface area contributed by atoms with Crippen LogP contribution in [-0.4, -0.2) is 67.8 Å². The first-order valence-electron chi connectivity index (χ1n) is 15.4. The van der Waals surface area contributed by atoms with Gasteiger partial charge in [-0.2, -0.15) is 0 Å². The summed E-state index contributed by atoms with van der Waals surface area (Å²) in [6.07, 6.45) is 9.81. The molecule has 0 spiro atoms. The topological polar surface area (TPSA) is 96.0 Å². The summed E-state index contributed by atoms with van der Waals surface area (Å²) in [7, 11) is 0. The third-order valence-corrected chi connectivity index (χ3v) is 7.36. The van der Waals surface area contributed by atoms with E-state index in [4.69, 9.17) is 18.9 Å². The molecule has 0 aromatic carbocycles. The number of hydrogen-bond donors (Lipinski definition) is 1. The van der Waals surface area contributed by atoms with Gasteiger partial charge in [0.05, 0.1) is 6.20 Å². The van der Waals surface area contributed by atoms with Crippen molar-refractivity contribution >= 4 is 11.6 Å². The van der Waals surface area contributed by atoms with Crippen LogP contribution in [0.25, 0.3) is 0 Å². The maximum absolute atomic E-state index is 12.4. The predicted molar refractivity (Wildman–Crippen MR) is 158 cm³/mol. The third-order valence-electron chi connectivity index (χ3n) is 7.36. The normalized spacial score (nSPS) is 18.4. The SMILES string of the molecule is CC(C)CCCCOCCCOCC(=O)C(C)CCC(C)NC1CC(Oc2ccc(OCC(=O)C(C)C)cn2)C1. The van der Waals surface area contributed by atoms with E-state index in [2.05, 4.69) is 31.1 Å². The quantitative estimate of drug-likeness (QED) is 0.167. The Morgan fingerprint density at radius 1 is 0.875 bits per heavy atom. The summed E-state index contributed by atoms with van der Waals surface area (Å²) < 4.78 is 22.7. The number of hydrogen-bond acceptors (Lipinski definition) is 8. The van der Waals surface area contributed by atoms with Crippen LogP contribution in [-0.2, 0) is 19.1 Å². The van der Waals surface area contributed by atoms with E-state index in [-0.39, 0.29) is 42.7 Å². The predicted octanol–water partition coefficient (Wildman–Crippen LogP) is 5.81. The fraction of sp³-hybridized carbons (Fsp3) is 0.781. The molecule has 228 valence electrons. The molecule has 0 aliphatic heterocycles. The average Bonchev–Trinajstić information content (AvgIpc) is 2.90. The van der Waals surface area contributed by atoms with E-state index in [1.54, 1.807) is 18.3 Å². The number of ketones is 2. The lowest BCUT2D eigenvalue weighted by Gasteiger charge is -2.37. The minimum absolute atomic E-state index is 0.000416. The molecule has 2 unspecified atom stereocenters. The van der Waals surface area contributed by atoms with Gasteiger partial charge in [0.1, 0.15) is 25.1 Å². The molecule has 1 aliphatic carbocycles. The van der Waals surface area contributed by atoms with Crippen molar-refractivity contribution in [2.75, 3.05) is 33.0 Å². The molecule has 0 radical (unpaired) electrons. The number of nitrogens with one attached hydrogen (secondary N) is 1. The standard InChI is InChI=1S/C32H54N2O6/c1-23(2)10-7-8-15-37-16-9-17-38-21-31(36)25(5)11-12-26(6)34-27-18-29(19-27)40-32-14-13-28(20-33-32)39-22-30(35)24(3)4/h13-14,20,23-27,29,34H,7-12,15-19,21-22H2,1-6H3. The number of unbranched alkanes of at least 4 members (excludes halogenated alkanes) is 1. The van der Waals surface area contributed by atoms with Gasteiger partial charge in [-0.25, -0.2) is 4.98 Å². The summed E-state index contributed by atoms with van der Waals surface area (Å²) >= 11 is 0. The van der Waals surface area contributed by atoms with Crippen LogP contribution in [0.15, 0.2) is 18.3 Å². The summed E-state index contributed by atoms with van der Waals surface area (Å²) in [5.74, 6) is 2.09. The highest BCUT2D eigenvalue weighted by atomic mass is 16.5. The molecule has 1 aromatic rings. The minimum Gasteiger partial charge on any atom is -0.484 e. The van der Waals surface area contributed by atoms with Gasteiger partial charge in [-0.1, -0.05) is 47.5 Å². The number of carbonyl (C=O) groups excluding carboxylic acids is 2. The van der Waals surface area contributed by atoms with Gasteiger partial charge in [-0.05, 0) is 57.4 Å². The highest BCUT2D eigenvalue weighted by molar-refractivity contribution is 5.82. The third kappa shape index (κ3) is 14.6. The van der Waals surface area contributed by atoms with E-state index in [0.717, 1.165) is 51.0 Å². The van der Waals surface area contributed by atoms with Crippen molar-refractivity contribution in [1.82, 2.24) is 10.3 Å². The molecule has 1 fully saturated rings. The molecule has 8 heteroatoms. The summed E-state index contributed by atoms with van der Waals surface area (Å²) in [5, 5.41) is 3.65. The molecule has 1 aromatic heterocycles. The first-order chi connectivity index (χ1) is 19.1. The number of nitrogens with zero attached hydrogens (tertiary/aromatic N) is 1. The minimum atomic E-state index is -0.0428. The number of pyridine rings is 1. The Labute approximate surface area is 242 Å². The number of Topliss-reactive ketones (excluding diaryl/α,β-unsaturated/α-hetero) is 2. The maximum Gasteiger partial charge on any atom is 0.213 e. The molecule has 2 rings (SSSR count). The summed E-state index contributed by atoms with van der Waals surface area (Å²) in [6.45, 7) is 14.7. The van der Waals surface area contributed by atoms with E-state index in [9.17, 15) is 9.59 Å². The molecule has 1 aliphatic rings. The largest absolute Gasteiger partial charge is 0.484 e. The first-order valence-corrected chi connectivity index (χ1v) is 15.4. The van der Waals surface area contributed by atoms with Gasteiger partial charge in [-0.3, -0.25) is 9.59 Å². The second kappa shape index (κ2) is 19.2. The van der Waals surface area contributed by atoms with Crippen LogP contribution in [0.2, 0.25) is 0 Å². The van der Waals surface area contributed by atoms with E-state index in [1.807, 2.05) is 20.8 Å². The monoisotopic (exact) mass is 562 g/mol. The number of ether oxygens (including phenoxy) is 4. The molecular formula is C32H54N2O6. The Morgan fingerprint density at radius 2 is 1.60 bits per heavy atom. The Kier molecular flexibility index (Phi) is 16.4. The van der Waals surface area contributed by atoms with Crippen molar-refractivity contribution in [1.29, 1.82) is 0 Å². The van der Waals surface area contributed by atoms with E-state index < -0.39 is 0 Å². The molecule has 1 saturated carbocycles. The zero-order valence-corrected chi connectivity index (χ0v) is 25.8. The van der Waals surface area contributed by atoms with Gasteiger partial charge in [0.25, 0.3) is 0 Å². The Bertz CT molecular complexity index is 838. The fourth-order valence-electron chi connectivity index (χ4n) is 4.40. The van der Waals surface area contributed by atoms with E-state index in [1.165, 1.54) is 12.8 Å². The van der Waals surface area contributed by atoms with Crippen molar-refractivity contribution in [2.45, 2.75) is 111 Å². The van der Waals surface area contributed by atoms with Gasteiger partial charge in [0.2, 0.25) is 5.88 Å². The lowest BCUT2D eigenvalue weighted by molar-refractivity contribution is -0.127. The molecule has 1 N–H and O–H groups in total. The van der Waals surface area contributed by atoms with Crippen LogP contribution in [0.4, 0.5) is 0 Å². The lowest BCUT2D eigenvalue weighted by Crippen LogP contribution is -2.49. The fourth-order valence-corrected chi connectivity index (χ4v) is 4.40. The van der Waals surface area contributed by atoms with Crippen molar-refractivity contribution in [3.8, 4) is 11.6 Å². The van der Waals surface area contributed by atoms with Crippen LogP contribution in [0.5, 0.6) is 11.6 Å². The molecule has 40 heavy (non-hydrogen) atoms. The van der Waals surface area contributed by atoms with Gasteiger partial charge < -0.3 is 24.3 Å². The second-order valence-corrected chi connectivity index (χ2v) is 12.1. The average molecular weight is 563 g/mol. The van der Waals surface area contributed by atoms with Crippen LogP contribution in [0.3, 0.4) is 0 Å². The smallest absolute Gasteiger partial charge is 0.213 e. The zero-order valence-electron chi connectivity index (χ0n) is 25.8. The zero-order chi connectivity index (χ0) is 29.3. The molecule has 0 saturated heterocycles. The van der Waals surface area contributed by atoms with E-state index in [0.29, 0.717) is 36.9 Å². The van der Waals surface area contributed by atoms with Crippen LogP contribution in [0.1, 0.15) is 92.9 Å². The lowest BCUT2D eigenvalue weighted by atomic mass is 9.88. The van der Waals surface area contributed by atoms with Gasteiger partial charge in [-0.15, -0.1) is 0 Å². The van der Waals surface area contributed by atoms with Crippen molar-refractivity contribution in [3.63, 3.8) is 0 Å². The number of carbonyl (C=O) groups is 2. The molecule has 0 bridgehead atoms. The van der Waals surface area contributed by atoms with Gasteiger partial charge >= 0.3 is 0 Å². The number of aromatic nitrogens is 1. The van der Waals surface area contributed by atoms with Gasteiger partial charge in [0, 0.05) is 49.8 Å². The Morgan fingerprint density at radius 3 is 2.27 bits per heavy atom. The van der Waals surface area contributed by atoms with Gasteiger partial charge in [0.15, 0.2) is 11.6 Å². The van der Waals surface area contributed by atoms with Crippen LogP contribution >= 0.6 is 0 Å². The molecule has 2 atom stereocenters. The number of rotatable bonds is 23. The van der Waals surface area contributed by atoms with Crippen LogP contribution in [0, 0.1) is 17.8 Å². The summed E-state index contributed by atoms with van der Waals surface area (Å²) in [4.78, 5) is 28.4. The summed E-state index contributed by atoms with van der Waals surface area (Å²) in [5.41, 5.74) is 0. The van der Waals surface area contributed by atoms with Crippen molar-refractivity contribution in [2.24, 2.45) is 17.8 Å². The highest BCUT2D eigenvalue weighted by Crippen LogP contribution is 2.26. The molecule has 1 heterocycles. The molecule has 0 amide bonds. The van der Waals surface area contributed by atoms with E-state index >= 15 is 0 Å². The Balaban J connectivity index is 1.48. The summed E-state index contributed by atoms with van der Waals surface area (Å²) in [6, 6.07) is 4.31. The molecule has 8 nitrogen and oxygen atoms in total. The molecular weight excluding hydrogens is 508 g/mol. The Hall–Kier alpha value is -2.03. The van der Waals surface area contributed by atoms with Crippen LogP contribution < -0.4 is 14.8 Å². The van der Waals surface area contributed by atoms with Crippen molar-refractivity contribution < 1.29 is 28.5 Å². The first kappa shape index (κ1) is 34.2. The second-order valence-electron chi connectivity index (χ2n) is 12.1. The maximum atomic E-state index is 12.4. The highest BCUT2D eigenvalue weighted by Gasteiger charge is 2.32. The van der Waals surface area contributed by atoms with Crippen molar-refractivity contribution in [3.05, 3.63) is 18.3 Å².